The first-order valence-electron chi connectivity index (χ1n) is 16.2. The number of ether oxygens (including phenoxy) is 1. The van der Waals surface area contributed by atoms with Gasteiger partial charge in [0.15, 0.2) is 0 Å². The van der Waals surface area contributed by atoms with Gasteiger partial charge in [0.05, 0.1) is 36.4 Å². The van der Waals surface area contributed by atoms with Crippen LogP contribution in [0.15, 0.2) is 70.0 Å². The fourth-order valence-corrected chi connectivity index (χ4v) is 8.12. The Morgan fingerprint density at radius 2 is 1.80 bits per heavy atom. The number of benzene rings is 2. The maximum Gasteiger partial charge on any atom is 0.321 e. The van der Waals surface area contributed by atoms with Gasteiger partial charge in [-0.1, -0.05) is 63.2 Å². The van der Waals surface area contributed by atoms with Crippen LogP contribution in [0.2, 0.25) is 0 Å². The van der Waals surface area contributed by atoms with Crippen LogP contribution < -0.4 is 10.1 Å². The van der Waals surface area contributed by atoms with Crippen molar-refractivity contribution in [1.29, 1.82) is 0 Å². The van der Waals surface area contributed by atoms with Crippen LogP contribution in [0.25, 0.3) is 0 Å². The number of rotatable bonds is 17. The zero-order chi connectivity index (χ0) is 35.7. The Morgan fingerprint density at radius 3 is 2.41 bits per heavy atom. The van der Waals surface area contributed by atoms with E-state index in [1.54, 1.807) is 22.4 Å². The van der Waals surface area contributed by atoms with Crippen molar-refractivity contribution in [2.75, 3.05) is 33.3 Å². The number of aromatic nitrogens is 1. The van der Waals surface area contributed by atoms with E-state index < -0.39 is 34.1 Å². The zero-order valence-corrected chi connectivity index (χ0v) is 30.1. The lowest BCUT2D eigenvalue weighted by Gasteiger charge is -2.34. The third-order valence-corrected chi connectivity index (χ3v) is 10.9. The van der Waals surface area contributed by atoms with Gasteiger partial charge in [-0.15, -0.1) is 11.3 Å². The number of amides is 3. The summed E-state index contributed by atoms with van der Waals surface area (Å²) in [7, 11) is -2.51. The van der Waals surface area contributed by atoms with E-state index in [2.05, 4.69) is 15.5 Å². The van der Waals surface area contributed by atoms with Crippen LogP contribution in [0.5, 0.6) is 5.75 Å². The van der Waals surface area contributed by atoms with Crippen molar-refractivity contribution < 1.29 is 33.1 Å². The molecule has 1 fully saturated rings. The summed E-state index contributed by atoms with van der Waals surface area (Å²) in [6.45, 7) is 8.34. The van der Waals surface area contributed by atoms with Crippen LogP contribution in [0.3, 0.4) is 0 Å². The Balaban J connectivity index is 1.55. The van der Waals surface area contributed by atoms with Gasteiger partial charge in [0.1, 0.15) is 23.0 Å². The average molecular weight is 715 g/mol. The number of thiazole rings is 1. The zero-order valence-electron chi connectivity index (χ0n) is 28.5. The number of urea groups is 1. The molecule has 49 heavy (non-hydrogen) atoms. The monoisotopic (exact) mass is 714 g/mol. The number of aliphatic hydroxyl groups excluding tert-OH is 1. The molecule has 0 bridgehead atoms. The van der Waals surface area contributed by atoms with E-state index in [0.717, 1.165) is 5.56 Å². The molecule has 0 spiro atoms. The lowest BCUT2D eigenvalue weighted by atomic mass is 9.97. The van der Waals surface area contributed by atoms with E-state index in [0.29, 0.717) is 29.5 Å². The molecule has 1 unspecified atom stereocenters. The Bertz CT molecular complexity index is 1670. The van der Waals surface area contributed by atoms with Crippen LogP contribution in [0.1, 0.15) is 44.0 Å². The topological polar surface area (TPSA) is 165 Å². The molecule has 1 aliphatic heterocycles. The van der Waals surface area contributed by atoms with Gasteiger partial charge in [-0.25, -0.2) is 18.2 Å². The number of aliphatic hydroxyl groups is 1. The van der Waals surface area contributed by atoms with Gasteiger partial charge in [-0.2, -0.15) is 4.31 Å². The van der Waals surface area contributed by atoms with Crippen LogP contribution in [0, 0.1) is 11.8 Å². The van der Waals surface area contributed by atoms with Gasteiger partial charge in [-0.05, 0) is 48.1 Å². The maximum absolute atomic E-state index is 14.1. The van der Waals surface area contributed by atoms with Gasteiger partial charge < -0.3 is 30.2 Å². The number of hydrogen-bond acceptors (Lipinski definition) is 10. The van der Waals surface area contributed by atoms with Crippen molar-refractivity contribution in [3.63, 3.8) is 0 Å². The van der Waals surface area contributed by atoms with E-state index in [1.807, 2.05) is 58.0 Å². The highest BCUT2D eigenvalue weighted by molar-refractivity contribution is 7.89. The number of methoxy groups -OCH3 is 1. The largest absolute Gasteiger partial charge is 0.497 e. The molecule has 1 aliphatic rings. The molecule has 0 radical (unpaired) electrons. The van der Waals surface area contributed by atoms with Crippen molar-refractivity contribution in [3.8, 4) is 5.75 Å². The molecule has 2 heterocycles. The average Bonchev–Trinajstić information content (AvgIpc) is 3.66. The predicted molar refractivity (Wildman–Crippen MR) is 187 cm³/mol. The smallest absolute Gasteiger partial charge is 0.321 e. The Labute approximate surface area is 292 Å². The van der Waals surface area contributed by atoms with E-state index in [1.165, 1.54) is 46.0 Å². The van der Waals surface area contributed by atoms with Crippen molar-refractivity contribution in [2.45, 2.75) is 63.7 Å². The van der Waals surface area contributed by atoms with Crippen molar-refractivity contribution in [1.82, 2.24) is 24.4 Å². The highest BCUT2D eigenvalue weighted by Gasteiger charge is 2.40. The molecule has 15 heteroatoms. The van der Waals surface area contributed by atoms with Crippen molar-refractivity contribution in [3.05, 3.63) is 76.2 Å². The summed E-state index contributed by atoms with van der Waals surface area (Å²) in [4.78, 5) is 35.2. The Kier molecular flexibility index (Phi) is 13.1. The van der Waals surface area contributed by atoms with Crippen LogP contribution in [-0.4, -0.2) is 107 Å². The minimum Gasteiger partial charge on any atom is -0.497 e. The third-order valence-electron chi connectivity index (χ3n) is 8.20. The van der Waals surface area contributed by atoms with E-state index in [4.69, 9.17) is 9.94 Å². The summed E-state index contributed by atoms with van der Waals surface area (Å²) in [6.07, 6.45) is 0.179. The predicted octanol–water partition coefficient (Wildman–Crippen LogP) is 3.66. The van der Waals surface area contributed by atoms with E-state index in [9.17, 15) is 23.1 Å². The number of hydrogen-bond donors (Lipinski definition) is 3. The van der Waals surface area contributed by atoms with E-state index in [-0.39, 0.29) is 48.8 Å². The molecular formula is C34H46N6O7S2. The standard InChI is InChI=1S/C34H46N6O7S2/c1-23(2)19-39(49(45,46)28-13-11-27(47-5)12-14-28)21-30(41)29(17-25-9-7-6-8-10-25)37-33(42)32(24(3)4)40-16-15-38(34(40)43)20-26-22-48-31(36-26)18-35-44/h6-14,18,22-24,29-30,32,41,44H,15-17,19-21H2,1-5H3,(H,37,42)/t29-,30+,32?/m0/s1. The number of nitrogens with one attached hydrogen (secondary N) is 1. The molecule has 266 valence electrons. The summed E-state index contributed by atoms with van der Waals surface area (Å²) in [5, 5.41) is 28.8. The molecule has 3 atom stereocenters. The number of oxime groups is 1. The molecule has 0 aliphatic carbocycles. The van der Waals surface area contributed by atoms with Gasteiger partial charge in [0.25, 0.3) is 0 Å². The summed E-state index contributed by atoms with van der Waals surface area (Å²) in [5.41, 5.74) is 1.49. The lowest BCUT2D eigenvalue weighted by molar-refractivity contribution is -0.128. The number of sulfonamides is 1. The normalized spacial score (nSPS) is 15.8. The highest BCUT2D eigenvalue weighted by Crippen LogP contribution is 2.24. The molecule has 1 saturated heterocycles. The molecule has 3 amide bonds. The molecule has 3 N–H and O–H groups in total. The van der Waals surface area contributed by atoms with Crippen LogP contribution in [-0.2, 0) is 27.8 Å². The second kappa shape index (κ2) is 17.1. The van der Waals surface area contributed by atoms with Crippen LogP contribution >= 0.6 is 11.3 Å². The lowest BCUT2D eigenvalue weighted by Crippen LogP contribution is -2.57. The first-order chi connectivity index (χ1) is 23.3. The SMILES string of the molecule is COc1ccc(S(=O)(=O)N(CC(C)C)C[C@@H](O)[C@H](Cc2ccccc2)NC(=O)C(C(C)C)N2CCN(Cc3csc(C=NO)n3)C2=O)cc1. The van der Waals surface area contributed by atoms with Gasteiger partial charge in [0, 0.05) is 31.6 Å². The first kappa shape index (κ1) is 37.8. The summed E-state index contributed by atoms with van der Waals surface area (Å²) >= 11 is 1.29. The van der Waals surface area contributed by atoms with Crippen molar-refractivity contribution in [2.24, 2.45) is 17.0 Å². The number of carbonyl (C=O) groups excluding carboxylic acids is 2. The fourth-order valence-electron chi connectivity index (χ4n) is 5.84. The molecular weight excluding hydrogens is 669 g/mol. The quantitative estimate of drug-likeness (QED) is 0.108. The molecule has 4 rings (SSSR count). The minimum atomic E-state index is -4.01. The Morgan fingerprint density at radius 1 is 1.10 bits per heavy atom. The molecule has 0 saturated carbocycles. The fraction of sp³-hybridized carbons (Fsp3) is 0.471. The molecule has 1 aromatic heterocycles. The molecule has 13 nitrogen and oxygen atoms in total. The first-order valence-corrected chi connectivity index (χ1v) is 18.5. The number of carbonyl (C=O) groups is 2. The maximum atomic E-state index is 14.1. The summed E-state index contributed by atoms with van der Waals surface area (Å²) < 4.78 is 34.1. The Hall–Kier alpha value is -4.05. The van der Waals surface area contributed by atoms with Gasteiger partial charge >= 0.3 is 6.03 Å². The second-order valence-corrected chi connectivity index (χ2v) is 15.6. The third kappa shape index (κ3) is 9.78. The van der Waals surface area contributed by atoms with Crippen molar-refractivity contribution >= 4 is 39.5 Å². The molecule has 3 aromatic rings. The van der Waals surface area contributed by atoms with Gasteiger partial charge in [0.2, 0.25) is 15.9 Å². The summed E-state index contributed by atoms with van der Waals surface area (Å²) in [5.74, 6) is -0.230. The van der Waals surface area contributed by atoms with Crippen LogP contribution in [0.4, 0.5) is 4.79 Å². The summed E-state index contributed by atoms with van der Waals surface area (Å²) in [6, 6.07) is 13.4. The number of nitrogens with zero attached hydrogens (tertiary/aromatic N) is 5. The minimum absolute atomic E-state index is 0.0458. The van der Waals surface area contributed by atoms with Gasteiger partial charge in [-0.3, -0.25) is 4.79 Å². The molecule has 2 aromatic carbocycles. The van der Waals surface area contributed by atoms with E-state index >= 15 is 0 Å². The highest BCUT2D eigenvalue weighted by atomic mass is 32.2. The second-order valence-electron chi connectivity index (χ2n) is 12.8.